The Balaban J connectivity index is 2.07. The summed E-state index contributed by atoms with van der Waals surface area (Å²) in [7, 11) is 1.37. The molecule has 0 aliphatic carbocycles. The third kappa shape index (κ3) is 7.48. The molecule has 0 bridgehead atoms. The first kappa shape index (κ1) is 25.6. The van der Waals surface area contributed by atoms with E-state index >= 15 is 0 Å². The summed E-state index contributed by atoms with van der Waals surface area (Å²) in [5.41, 5.74) is -0.185. The zero-order valence-electron chi connectivity index (χ0n) is 19.5. The van der Waals surface area contributed by atoms with Gasteiger partial charge in [0.15, 0.2) is 11.4 Å². The number of carbonyl (C=O) groups excluding carboxylic acids is 3. The molecule has 178 valence electrons. The number of ether oxygens (including phenoxy) is 4. The van der Waals surface area contributed by atoms with E-state index < -0.39 is 36.1 Å². The minimum atomic E-state index is -0.987. The van der Waals surface area contributed by atoms with Crippen LogP contribution in [0.25, 0.3) is 0 Å². The van der Waals surface area contributed by atoms with Crippen LogP contribution in [-0.4, -0.2) is 48.2 Å². The van der Waals surface area contributed by atoms with E-state index in [0.717, 1.165) is 6.42 Å². The van der Waals surface area contributed by atoms with Crippen molar-refractivity contribution in [2.75, 3.05) is 7.11 Å². The lowest BCUT2D eigenvalue weighted by Gasteiger charge is -2.26. The van der Waals surface area contributed by atoms with Gasteiger partial charge < -0.3 is 24.3 Å². The Bertz CT molecular complexity index is 949. The molecule has 2 rings (SSSR count). The Morgan fingerprint density at radius 3 is 2.39 bits per heavy atom. The lowest BCUT2D eigenvalue weighted by atomic mass is 10.1. The number of nitrogens with one attached hydrogen (secondary N) is 1. The van der Waals surface area contributed by atoms with E-state index in [0.29, 0.717) is 12.2 Å². The highest BCUT2D eigenvalue weighted by Crippen LogP contribution is 2.29. The van der Waals surface area contributed by atoms with Crippen molar-refractivity contribution in [2.45, 2.75) is 58.8 Å². The molecule has 33 heavy (non-hydrogen) atoms. The van der Waals surface area contributed by atoms with Crippen molar-refractivity contribution < 1.29 is 33.3 Å². The van der Waals surface area contributed by atoms with E-state index in [9.17, 15) is 14.4 Å². The van der Waals surface area contributed by atoms with Gasteiger partial charge in [0.1, 0.15) is 24.0 Å². The second-order valence-corrected chi connectivity index (χ2v) is 7.38. The van der Waals surface area contributed by atoms with Gasteiger partial charge in [-0.2, -0.15) is 0 Å². The van der Waals surface area contributed by atoms with Crippen LogP contribution in [-0.2, 0) is 14.3 Å². The lowest BCUT2D eigenvalue weighted by Crippen LogP contribution is -2.43. The van der Waals surface area contributed by atoms with Crippen molar-refractivity contribution in [1.82, 2.24) is 10.3 Å². The van der Waals surface area contributed by atoms with Crippen LogP contribution in [0.2, 0.25) is 0 Å². The molecule has 2 aromatic rings. The zero-order valence-corrected chi connectivity index (χ0v) is 19.5. The molecule has 0 spiro atoms. The molecule has 1 N–H and O–H groups in total. The molecule has 1 amide bonds. The second-order valence-electron chi connectivity index (χ2n) is 7.38. The molecule has 0 fully saturated rings. The third-order valence-corrected chi connectivity index (χ3v) is 4.68. The first-order valence-corrected chi connectivity index (χ1v) is 10.7. The number of methoxy groups -OCH3 is 1. The van der Waals surface area contributed by atoms with Gasteiger partial charge in [0.2, 0.25) is 5.75 Å². The summed E-state index contributed by atoms with van der Waals surface area (Å²) in [5, 5.41) is 2.53. The van der Waals surface area contributed by atoms with Gasteiger partial charge >= 0.3 is 11.9 Å². The van der Waals surface area contributed by atoms with Crippen molar-refractivity contribution in [3.05, 3.63) is 48.3 Å². The average Bonchev–Trinajstić information content (AvgIpc) is 2.78. The van der Waals surface area contributed by atoms with Gasteiger partial charge in [0.25, 0.3) is 5.91 Å². The molecular weight excluding hydrogens is 428 g/mol. The molecule has 9 nitrogen and oxygen atoms in total. The number of pyridine rings is 1. The fourth-order valence-electron chi connectivity index (χ4n) is 3.03. The molecule has 0 radical (unpaired) electrons. The minimum Gasteiger partial charge on any atom is -0.493 e. The van der Waals surface area contributed by atoms with Crippen molar-refractivity contribution in [3.8, 4) is 17.2 Å². The SMILES string of the molecule is CCC[C@H](OC(=O)[C@H](C)NC(=O)c1nccc(OC)c1OC(C)=O)[C@@H](C)Oc1ccccc1. The van der Waals surface area contributed by atoms with Crippen molar-refractivity contribution >= 4 is 17.8 Å². The summed E-state index contributed by atoms with van der Waals surface area (Å²) in [6.45, 7) is 6.50. The molecule has 0 saturated heterocycles. The van der Waals surface area contributed by atoms with Crippen LogP contribution in [0.5, 0.6) is 17.2 Å². The van der Waals surface area contributed by atoms with E-state index in [1.807, 2.05) is 44.2 Å². The molecule has 1 aromatic carbocycles. The number of nitrogens with zero attached hydrogens (tertiary/aromatic N) is 1. The number of rotatable bonds is 11. The maximum Gasteiger partial charge on any atom is 0.328 e. The van der Waals surface area contributed by atoms with Gasteiger partial charge in [-0.05, 0) is 32.4 Å². The standard InChI is InChI=1S/C24H30N2O7/c1-6-10-19(16(3)31-18-11-8-7-9-12-18)33-24(29)15(2)26-23(28)21-22(32-17(4)27)20(30-5)13-14-25-21/h7-9,11-16,19H,6,10H2,1-5H3,(H,26,28)/t15-,16+,19-/m0/s1. The van der Waals surface area contributed by atoms with Crippen LogP contribution in [0, 0.1) is 0 Å². The quantitative estimate of drug-likeness (QED) is 0.510. The fraction of sp³-hybridized carbons (Fsp3) is 0.417. The maximum absolute atomic E-state index is 12.8. The van der Waals surface area contributed by atoms with Crippen LogP contribution >= 0.6 is 0 Å². The van der Waals surface area contributed by atoms with E-state index in [-0.39, 0.29) is 17.2 Å². The van der Waals surface area contributed by atoms with Gasteiger partial charge in [-0.15, -0.1) is 0 Å². The van der Waals surface area contributed by atoms with Crippen molar-refractivity contribution in [2.24, 2.45) is 0 Å². The summed E-state index contributed by atoms with van der Waals surface area (Å²) in [6, 6.07) is 9.72. The number of para-hydroxylation sites is 1. The highest BCUT2D eigenvalue weighted by Gasteiger charge is 2.28. The predicted molar refractivity (Wildman–Crippen MR) is 120 cm³/mol. The number of amides is 1. The summed E-state index contributed by atoms with van der Waals surface area (Å²) >= 11 is 0. The number of hydrogen-bond acceptors (Lipinski definition) is 8. The van der Waals surface area contributed by atoms with Crippen LogP contribution in [0.4, 0.5) is 0 Å². The fourth-order valence-corrected chi connectivity index (χ4v) is 3.03. The van der Waals surface area contributed by atoms with E-state index in [1.165, 1.54) is 33.2 Å². The van der Waals surface area contributed by atoms with Crippen molar-refractivity contribution in [1.29, 1.82) is 0 Å². The molecule has 1 heterocycles. The minimum absolute atomic E-state index is 0.126. The Labute approximate surface area is 193 Å². The topological polar surface area (TPSA) is 113 Å². The normalized spacial score (nSPS) is 13.2. The van der Waals surface area contributed by atoms with E-state index in [4.69, 9.17) is 18.9 Å². The first-order valence-electron chi connectivity index (χ1n) is 10.7. The molecule has 3 atom stereocenters. The first-order chi connectivity index (χ1) is 15.8. The van der Waals surface area contributed by atoms with Crippen LogP contribution < -0.4 is 19.5 Å². The van der Waals surface area contributed by atoms with E-state index in [1.54, 1.807) is 0 Å². The Kier molecular flexibility index (Phi) is 9.65. The Morgan fingerprint density at radius 2 is 1.79 bits per heavy atom. The zero-order chi connectivity index (χ0) is 24.4. The van der Waals surface area contributed by atoms with Gasteiger partial charge in [-0.3, -0.25) is 9.59 Å². The van der Waals surface area contributed by atoms with Gasteiger partial charge in [-0.25, -0.2) is 9.78 Å². The summed E-state index contributed by atoms with van der Waals surface area (Å²) in [5.74, 6) is -1.27. The molecule has 0 unspecified atom stereocenters. The Morgan fingerprint density at radius 1 is 1.09 bits per heavy atom. The predicted octanol–water partition coefficient (Wildman–Crippen LogP) is 3.31. The molecule has 0 aliphatic heterocycles. The average molecular weight is 459 g/mol. The van der Waals surface area contributed by atoms with Crippen molar-refractivity contribution in [3.63, 3.8) is 0 Å². The van der Waals surface area contributed by atoms with Crippen LogP contribution in [0.1, 0.15) is 51.0 Å². The summed E-state index contributed by atoms with van der Waals surface area (Å²) in [6.07, 6.45) is 1.81. The largest absolute Gasteiger partial charge is 0.493 e. The highest BCUT2D eigenvalue weighted by molar-refractivity contribution is 5.98. The molecule has 9 heteroatoms. The number of aromatic nitrogens is 1. The Hall–Kier alpha value is -3.62. The number of carbonyl (C=O) groups is 3. The summed E-state index contributed by atoms with van der Waals surface area (Å²) in [4.78, 5) is 40.9. The molecule has 0 aliphatic rings. The molecule has 0 saturated carbocycles. The smallest absolute Gasteiger partial charge is 0.328 e. The van der Waals surface area contributed by atoms with Crippen LogP contribution in [0.3, 0.4) is 0 Å². The second kappa shape index (κ2) is 12.4. The molecule has 1 aromatic heterocycles. The monoisotopic (exact) mass is 458 g/mol. The number of hydrogen-bond donors (Lipinski definition) is 1. The van der Waals surface area contributed by atoms with Crippen LogP contribution in [0.15, 0.2) is 42.6 Å². The van der Waals surface area contributed by atoms with Gasteiger partial charge in [-0.1, -0.05) is 31.5 Å². The third-order valence-electron chi connectivity index (χ3n) is 4.68. The van der Waals surface area contributed by atoms with Gasteiger partial charge in [0, 0.05) is 19.2 Å². The van der Waals surface area contributed by atoms with Gasteiger partial charge in [0.05, 0.1) is 7.11 Å². The van der Waals surface area contributed by atoms with E-state index in [2.05, 4.69) is 10.3 Å². The number of esters is 2. The maximum atomic E-state index is 12.8. The molecular formula is C24H30N2O7. The lowest BCUT2D eigenvalue weighted by molar-refractivity contribution is -0.155. The number of benzene rings is 1. The summed E-state index contributed by atoms with van der Waals surface area (Å²) < 4.78 is 21.8. The highest BCUT2D eigenvalue weighted by atomic mass is 16.6.